The molecule has 0 bridgehead atoms. The summed E-state index contributed by atoms with van der Waals surface area (Å²) in [5, 5.41) is 12.3. The fourth-order valence-electron chi connectivity index (χ4n) is 2.35. The molecule has 3 aromatic rings. The molecule has 0 unspecified atom stereocenters. The van der Waals surface area contributed by atoms with E-state index in [0.717, 1.165) is 17.1 Å². The van der Waals surface area contributed by atoms with E-state index in [9.17, 15) is 0 Å². The highest BCUT2D eigenvalue weighted by Crippen LogP contribution is 2.24. The van der Waals surface area contributed by atoms with Crippen LogP contribution in [0.15, 0.2) is 35.0 Å². The van der Waals surface area contributed by atoms with Crippen LogP contribution in [-0.4, -0.2) is 27.0 Å². The van der Waals surface area contributed by atoms with Crippen molar-refractivity contribution < 1.29 is 9.26 Å². The van der Waals surface area contributed by atoms with Gasteiger partial charge in [-0.25, -0.2) is 4.68 Å². The third-order valence-corrected chi connectivity index (χ3v) is 3.80. The number of hydrogen-bond acceptors (Lipinski definition) is 6. The van der Waals surface area contributed by atoms with Crippen molar-refractivity contribution >= 4 is 17.3 Å². The lowest BCUT2D eigenvalue weighted by Crippen LogP contribution is -2.08. The van der Waals surface area contributed by atoms with Gasteiger partial charge in [-0.2, -0.15) is 10.1 Å². The standard InChI is InChI=1S/C16H18ClN5O2/c1-10(16-20-15(9-23-3)21-24-16)19-14-8-18-22(11(14)2)13-6-4-5-12(17)7-13/h4-8,10,19H,9H2,1-3H3/t10-/m1/s1. The summed E-state index contributed by atoms with van der Waals surface area (Å²) in [6, 6.07) is 7.39. The largest absolute Gasteiger partial charge is 0.377 e. The molecule has 0 spiro atoms. The van der Waals surface area contributed by atoms with Crippen LogP contribution in [-0.2, 0) is 11.3 Å². The van der Waals surface area contributed by atoms with E-state index >= 15 is 0 Å². The van der Waals surface area contributed by atoms with Crippen LogP contribution >= 0.6 is 11.6 Å². The predicted octanol–water partition coefficient (Wildman–Crippen LogP) is 3.54. The zero-order valence-electron chi connectivity index (χ0n) is 13.7. The Morgan fingerprint density at radius 1 is 1.42 bits per heavy atom. The molecule has 8 heteroatoms. The molecule has 1 aromatic carbocycles. The number of nitrogens with zero attached hydrogens (tertiary/aromatic N) is 4. The van der Waals surface area contributed by atoms with E-state index in [1.807, 2.05) is 42.8 Å². The summed E-state index contributed by atoms with van der Waals surface area (Å²) in [5.41, 5.74) is 2.75. The number of ether oxygens (including phenoxy) is 1. The van der Waals surface area contributed by atoms with E-state index in [0.29, 0.717) is 23.3 Å². The fraction of sp³-hybridized carbons (Fsp3) is 0.312. The highest BCUT2D eigenvalue weighted by molar-refractivity contribution is 6.30. The Labute approximate surface area is 144 Å². The second kappa shape index (κ2) is 7.02. The molecule has 0 aliphatic heterocycles. The Morgan fingerprint density at radius 3 is 3.00 bits per heavy atom. The van der Waals surface area contributed by atoms with Crippen molar-refractivity contribution in [2.24, 2.45) is 0 Å². The highest BCUT2D eigenvalue weighted by atomic mass is 35.5. The summed E-state index contributed by atoms with van der Waals surface area (Å²) in [4.78, 5) is 4.29. The smallest absolute Gasteiger partial charge is 0.248 e. The van der Waals surface area contributed by atoms with Gasteiger partial charge in [-0.15, -0.1) is 0 Å². The first-order valence-electron chi connectivity index (χ1n) is 7.47. The molecule has 1 N–H and O–H groups in total. The monoisotopic (exact) mass is 347 g/mol. The lowest BCUT2D eigenvalue weighted by molar-refractivity contribution is 0.174. The molecule has 0 aliphatic rings. The SMILES string of the molecule is COCc1noc([C@@H](C)Nc2cnn(-c3cccc(Cl)c3)c2C)n1. The van der Waals surface area contributed by atoms with Gasteiger partial charge in [0.2, 0.25) is 5.89 Å². The van der Waals surface area contributed by atoms with Crippen LogP contribution in [0.1, 0.15) is 30.4 Å². The van der Waals surface area contributed by atoms with Crippen molar-refractivity contribution in [3.05, 3.63) is 52.9 Å². The first-order chi connectivity index (χ1) is 11.6. The molecule has 0 radical (unpaired) electrons. The maximum atomic E-state index is 6.05. The Bertz CT molecular complexity index is 829. The van der Waals surface area contributed by atoms with Crippen LogP contribution in [0.3, 0.4) is 0 Å². The summed E-state index contributed by atoms with van der Waals surface area (Å²) in [7, 11) is 1.59. The maximum Gasteiger partial charge on any atom is 0.248 e. The zero-order valence-corrected chi connectivity index (χ0v) is 14.4. The first-order valence-corrected chi connectivity index (χ1v) is 7.85. The number of aromatic nitrogens is 4. The number of halogens is 1. The summed E-state index contributed by atoms with van der Waals surface area (Å²) in [6.07, 6.45) is 1.76. The molecule has 0 saturated heterocycles. The molecule has 24 heavy (non-hydrogen) atoms. The minimum absolute atomic E-state index is 0.154. The van der Waals surface area contributed by atoms with E-state index in [2.05, 4.69) is 20.6 Å². The fourth-order valence-corrected chi connectivity index (χ4v) is 2.53. The van der Waals surface area contributed by atoms with Crippen molar-refractivity contribution in [3.63, 3.8) is 0 Å². The molecular formula is C16H18ClN5O2. The van der Waals surface area contributed by atoms with Gasteiger partial charge in [0.25, 0.3) is 0 Å². The van der Waals surface area contributed by atoms with E-state index < -0.39 is 0 Å². The Morgan fingerprint density at radius 2 is 2.25 bits per heavy atom. The van der Waals surface area contributed by atoms with E-state index in [1.54, 1.807) is 13.3 Å². The molecule has 3 rings (SSSR count). The van der Waals surface area contributed by atoms with Crippen LogP contribution in [0, 0.1) is 6.92 Å². The van der Waals surface area contributed by atoms with Crippen LogP contribution in [0.2, 0.25) is 5.02 Å². The molecule has 7 nitrogen and oxygen atoms in total. The third kappa shape index (κ3) is 3.42. The van der Waals surface area contributed by atoms with Crippen LogP contribution in [0.25, 0.3) is 5.69 Å². The number of hydrogen-bond donors (Lipinski definition) is 1. The molecule has 0 aliphatic carbocycles. The average Bonchev–Trinajstić information content (AvgIpc) is 3.16. The van der Waals surface area contributed by atoms with Gasteiger partial charge in [-0.05, 0) is 32.0 Å². The predicted molar refractivity (Wildman–Crippen MR) is 90.4 cm³/mol. The molecule has 2 heterocycles. The van der Waals surface area contributed by atoms with Crippen molar-refractivity contribution in [3.8, 4) is 5.69 Å². The quantitative estimate of drug-likeness (QED) is 0.734. The Balaban J connectivity index is 1.78. The van der Waals surface area contributed by atoms with Gasteiger partial charge >= 0.3 is 0 Å². The molecule has 0 fully saturated rings. The topological polar surface area (TPSA) is 78.0 Å². The van der Waals surface area contributed by atoms with Gasteiger partial charge in [0.1, 0.15) is 12.6 Å². The van der Waals surface area contributed by atoms with Crippen molar-refractivity contribution in [2.45, 2.75) is 26.5 Å². The number of methoxy groups -OCH3 is 1. The first kappa shape index (κ1) is 16.5. The van der Waals surface area contributed by atoms with Gasteiger partial charge in [0.15, 0.2) is 5.82 Å². The molecule has 0 saturated carbocycles. The summed E-state index contributed by atoms with van der Waals surface area (Å²) in [5.74, 6) is 1.02. The number of nitrogens with one attached hydrogen (secondary N) is 1. The van der Waals surface area contributed by atoms with Crippen molar-refractivity contribution in [1.82, 2.24) is 19.9 Å². The summed E-state index contributed by atoms with van der Waals surface area (Å²) >= 11 is 6.05. The van der Waals surface area contributed by atoms with Crippen LogP contribution in [0.4, 0.5) is 5.69 Å². The van der Waals surface area contributed by atoms with Crippen molar-refractivity contribution in [1.29, 1.82) is 0 Å². The molecule has 0 amide bonds. The minimum atomic E-state index is -0.154. The number of benzene rings is 1. The zero-order chi connectivity index (χ0) is 17.1. The molecular weight excluding hydrogens is 330 g/mol. The summed E-state index contributed by atoms with van der Waals surface area (Å²) < 4.78 is 12.1. The Kier molecular flexibility index (Phi) is 4.82. The summed E-state index contributed by atoms with van der Waals surface area (Å²) in [6.45, 7) is 4.25. The van der Waals surface area contributed by atoms with Gasteiger partial charge < -0.3 is 14.6 Å². The number of anilines is 1. The second-order valence-corrected chi connectivity index (χ2v) is 5.82. The highest BCUT2D eigenvalue weighted by Gasteiger charge is 2.17. The normalized spacial score (nSPS) is 12.3. The average molecular weight is 348 g/mol. The third-order valence-electron chi connectivity index (χ3n) is 3.56. The van der Waals surface area contributed by atoms with Gasteiger partial charge in [-0.1, -0.05) is 22.8 Å². The van der Waals surface area contributed by atoms with Crippen molar-refractivity contribution in [2.75, 3.05) is 12.4 Å². The molecule has 1 atom stereocenters. The van der Waals surface area contributed by atoms with E-state index in [1.165, 1.54) is 0 Å². The number of rotatable bonds is 6. The van der Waals surface area contributed by atoms with Crippen LogP contribution in [0.5, 0.6) is 0 Å². The van der Waals surface area contributed by atoms with Gasteiger partial charge in [-0.3, -0.25) is 0 Å². The van der Waals surface area contributed by atoms with Gasteiger partial charge in [0.05, 0.1) is 23.3 Å². The maximum absolute atomic E-state index is 6.05. The minimum Gasteiger partial charge on any atom is -0.377 e. The second-order valence-electron chi connectivity index (χ2n) is 5.38. The molecule has 126 valence electrons. The van der Waals surface area contributed by atoms with E-state index in [-0.39, 0.29) is 6.04 Å². The molecule has 2 aromatic heterocycles. The van der Waals surface area contributed by atoms with E-state index in [4.69, 9.17) is 20.9 Å². The van der Waals surface area contributed by atoms with Crippen LogP contribution < -0.4 is 5.32 Å². The van der Waals surface area contributed by atoms with Gasteiger partial charge in [0, 0.05) is 12.1 Å². The lowest BCUT2D eigenvalue weighted by atomic mass is 10.3. The Hall–Kier alpha value is -2.38. The lowest BCUT2D eigenvalue weighted by Gasteiger charge is -2.11.